The Morgan fingerprint density at radius 3 is 2.54 bits per heavy atom. The van der Waals surface area contributed by atoms with Crippen LogP contribution in [-0.4, -0.2) is 27.1 Å². The lowest BCUT2D eigenvalue weighted by Gasteiger charge is -2.05. The Balaban J connectivity index is 1.88. The van der Waals surface area contributed by atoms with E-state index in [1.807, 2.05) is 18.2 Å². The summed E-state index contributed by atoms with van der Waals surface area (Å²) in [4.78, 5) is 39.3. The first-order chi connectivity index (χ1) is 12.4. The summed E-state index contributed by atoms with van der Waals surface area (Å²) in [5.41, 5.74) is 1.70. The van der Waals surface area contributed by atoms with Gasteiger partial charge in [-0.3, -0.25) is 14.4 Å². The van der Waals surface area contributed by atoms with Gasteiger partial charge in [0, 0.05) is 17.7 Å². The predicted molar refractivity (Wildman–Crippen MR) is 103 cm³/mol. The average Bonchev–Trinajstić information content (AvgIpc) is 3.02. The average molecular weight is 386 g/mol. The zero-order valence-electron chi connectivity index (χ0n) is 13.4. The maximum absolute atomic E-state index is 12.4. The molecule has 0 fully saturated rings. The van der Waals surface area contributed by atoms with Gasteiger partial charge in [-0.2, -0.15) is 0 Å². The molecule has 0 spiro atoms. The summed E-state index contributed by atoms with van der Waals surface area (Å²) in [6.07, 6.45) is -0.236. The Bertz CT molecular complexity index is 985. The zero-order chi connectivity index (χ0) is 18.7. The van der Waals surface area contributed by atoms with Crippen LogP contribution in [0.25, 0.3) is 10.2 Å². The largest absolute Gasteiger partial charge is 0.481 e. The summed E-state index contributed by atoms with van der Waals surface area (Å²) in [5, 5.41) is 11.9. The third kappa shape index (κ3) is 4.09. The van der Waals surface area contributed by atoms with Crippen LogP contribution in [0.4, 0.5) is 5.69 Å². The maximum atomic E-state index is 12.4. The number of thiazole rings is 1. The van der Waals surface area contributed by atoms with E-state index >= 15 is 0 Å². The Kier molecular flexibility index (Phi) is 5.34. The van der Waals surface area contributed by atoms with E-state index < -0.39 is 17.0 Å². The van der Waals surface area contributed by atoms with Gasteiger partial charge in [-0.15, -0.1) is 24.0 Å². The van der Waals surface area contributed by atoms with Crippen LogP contribution in [0, 0.1) is 0 Å². The predicted octanol–water partition coefficient (Wildman–Crippen LogP) is 3.56. The van der Waals surface area contributed by atoms with E-state index in [1.54, 1.807) is 30.3 Å². The van der Waals surface area contributed by atoms with Crippen molar-refractivity contribution in [1.29, 1.82) is 0 Å². The summed E-state index contributed by atoms with van der Waals surface area (Å²) in [6.45, 7) is 0. The number of carboxylic acids is 1. The highest BCUT2D eigenvalue weighted by molar-refractivity contribution is 7.96. The number of nitrogens with zero attached hydrogens (tertiary/aromatic N) is 1. The molecular weight excluding hydrogens is 372 g/mol. The molecule has 1 unspecified atom stereocenters. The van der Waals surface area contributed by atoms with E-state index in [0.717, 1.165) is 11.3 Å². The molecule has 1 amide bonds. The maximum Gasteiger partial charge on any atom is 0.313 e. The lowest BCUT2D eigenvalue weighted by molar-refractivity contribution is -0.139. The smallest absolute Gasteiger partial charge is 0.313 e. The fourth-order valence-electron chi connectivity index (χ4n) is 2.41. The first-order valence-electron chi connectivity index (χ1n) is 7.65. The molecule has 0 saturated heterocycles. The van der Waals surface area contributed by atoms with Crippen molar-refractivity contribution in [3.63, 3.8) is 0 Å². The molecule has 1 heterocycles. The molecule has 2 N–H and O–H groups in total. The molecule has 0 aliphatic rings. The van der Waals surface area contributed by atoms with E-state index in [4.69, 9.17) is 0 Å². The van der Waals surface area contributed by atoms with Gasteiger partial charge in [0.15, 0.2) is 5.12 Å². The first kappa shape index (κ1) is 18.1. The second kappa shape index (κ2) is 7.67. The number of carboxylic acid groups (broad SMARTS) is 1. The van der Waals surface area contributed by atoms with Gasteiger partial charge in [-0.05, 0) is 30.3 Å². The number of carbonyl (C=O) groups excluding carboxylic acids is 2. The van der Waals surface area contributed by atoms with Crippen LogP contribution < -0.4 is 5.32 Å². The van der Waals surface area contributed by atoms with Crippen molar-refractivity contribution in [3.05, 3.63) is 59.1 Å². The van der Waals surface area contributed by atoms with Gasteiger partial charge in [0.25, 0.3) is 5.91 Å². The van der Waals surface area contributed by atoms with Gasteiger partial charge >= 0.3 is 5.97 Å². The molecule has 0 aliphatic carbocycles. The number of aliphatic carboxylic acids is 1. The molecule has 0 radical (unpaired) electrons. The number of nitrogens with one attached hydrogen (secondary N) is 1. The summed E-state index contributed by atoms with van der Waals surface area (Å²) >= 11 is 4.81. The molecule has 26 heavy (non-hydrogen) atoms. The number of hydrogen-bond donors (Lipinski definition) is 3. The lowest BCUT2D eigenvalue weighted by atomic mass is 10.1. The molecule has 8 heteroatoms. The molecule has 3 aromatic rings. The second-order valence-electron chi connectivity index (χ2n) is 5.54. The van der Waals surface area contributed by atoms with Crippen molar-refractivity contribution < 1.29 is 19.5 Å². The number of anilines is 1. The van der Waals surface area contributed by atoms with Crippen LogP contribution in [0.2, 0.25) is 0 Å². The van der Waals surface area contributed by atoms with Crippen LogP contribution in [0.1, 0.15) is 27.7 Å². The van der Waals surface area contributed by atoms with Gasteiger partial charge in [0.05, 0.1) is 10.2 Å². The minimum atomic E-state index is -1.13. The highest BCUT2D eigenvalue weighted by Gasteiger charge is 2.26. The second-order valence-corrected chi connectivity index (χ2v) is 7.10. The van der Waals surface area contributed by atoms with Crippen LogP contribution >= 0.6 is 24.0 Å². The highest BCUT2D eigenvalue weighted by atomic mass is 32.1. The minimum absolute atomic E-state index is 0.236. The molecule has 0 saturated carbocycles. The fourth-order valence-corrected chi connectivity index (χ4v) is 3.69. The van der Waals surface area contributed by atoms with Gasteiger partial charge in [0.1, 0.15) is 10.9 Å². The Hall–Kier alpha value is -2.71. The number of para-hydroxylation sites is 1. The number of rotatable bonds is 6. The van der Waals surface area contributed by atoms with Crippen molar-refractivity contribution in [2.75, 3.05) is 5.32 Å². The Morgan fingerprint density at radius 1 is 1.15 bits per heavy atom. The molecule has 3 rings (SSSR count). The van der Waals surface area contributed by atoms with Gasteiger partial charge in [-0.25, -0.2) is 4.98 Å². The number of benzene rings is 2. The molecule has 6 nitrogen and oxygen atoms in total. The van der Waals surface area contributed by atoms with E-state index in [-0.39, 0.29) is 12.3 Å². The van der Waals surface area contributed by atoms with Crippen molar-refractivity contribution in [1.82, 2.24) is 4.98 Å². The lowest BCUT2D eigenvalue weighted by Crippen LogP contribution is -2.13. The summed E-state index contributed by atoms with van der Waals surface area (Å²) < 4.78 is 0.679. The van der Waals surface area contributed by atoms with E-state index in [1.165, 1.54) is 0 Å². The first-order valence-corrected chi connectivity index (χ1v) is 8.92. The number of hydrogen-bond acceptors (Lipinski definition) is 5. The quantitative estimate of drug-likeness (QED) is 0.563. The SMILES string of the molecule is O=C(S)CC(C(=O)O)c1nc2ccc(C(=O)Nc3ccccc3)cc2s1. The van der Waals surface area contributed by atoms with Crippen molar-refractivity contribution in [2.24, 2.45) is 0 Å². The standard InChI is InChI=1S/C18H14N2O4S2/c21-15(25)9-12(18(23)24)17-20-13-7-6-10(8-14(13)26-17)16(22)19-11-4-2-1-3-5-11/h1-8,12H,9H2,(H,19,22)(H,21,25)(H,23,24). The number of aromatic nitrogens is 1. The monoisotopic (exact) mass is 386 g/mol. The van der Waals surface area contributed by atoms with Crippen molar-refractivity contribution >= 4 is 56.9 Å². The number of amides is 1. The third-order valence-corrected chi connectivity index (χ3v) is 4.99. The van der Waals surface area contributed by atoms with Crippen LogP contribution in [-0.2, 0) is 9.59 Å². The van der Waals surface area contributed by atoms with Crippen molar-refractivity contribution in [3.8, 4) is 0 Å². The molecule has 2 aromatic carbocycles. The summed E-state index contributed by atoms with van der Waals surface area (Å²) in [6, 6.07) is 14.0. The topological polar surface area (TPSA) is 96.4 Å². The summed E-state index contributed by atoms with van der Waals surface area (Å²) in [5.74, 6) is -2.44. The molecule has 0 aliphatic heterocycles. The van der Waals surface area contributed by atoms with Gasteiger partial charge in [0.2, 0.25) is 0 Å². The number of carbonyl (C=O) groups is 3. The van der Waals surface area contributed by atoms with E-state index in [2.05, 4.69) is 22.9 Å². The summed E-state index contributed by atoms with van der Waals surface area (Å²) in [7, 11) is 0. The molecular formula is C18H14N2O4S2. The van der Waals surface area contributed by atoms with Gasteiger partial charge < -0.3 is 10.4 Å². The van der Waals surface area contributed by atoms with E-state index in [9.17, 15) is 19.5 Å². The van der Waals surface area contributed by atoms with Crippen LogP contribution in [0.5, 0.6) is 0 Å². The van der Waals surface area contributed by atoms with E-state index in [0.29, 0.717) is 26.5 Å². The van der Waals surface area contributed by atoms with Crippen LogP contribution in [0.15, 0.2) is 48.5 Å². The Morgan fingerprint density at radius 2 is 1.88 bits per heavy atom. The number of thiol groups is 1. The highest BCUT2D eigenvalue weighted by Crippen LogP contribution is 2.31. The normalized spacial score (nSPS) is 11.9. The molecule has 0 bridgehead atoms. The van der Waals surface area contributed by atoms with Crippen LogP contribution in [0.3, 0.4) is 0 Å². The van der Waals surface area contributed by atoms with Crippen molar-refractivity contribution in [2.45, 2.75) is 12.3 Å². The third-order valence-electron chi connectivity index (χ3n) is 3.67. The minimum Gasteiger partial charge on any atom is -0.481 e. The zero-order valence-corrected chi connectivity index (χ0v) is 15.1. The van der Waals surface area contributed by atoms with Gasteiger partial charge in [-0.1, -0.05) is 18.2 Å². The molecule has 1 atom stereocenters. The number of fused-ring (bicyclic) bond motifs is 1. The fraction of sp³-hybridized carbons (Fsp3) is 0.111. The molecule has 132 valence electrons. The molecule has 1 aromatic heterocycles. The Labute approximate surface area is 158 Å².